The van der Waals surface area contributed by atoms with Crippen LogP contribution in [0.1, 0.15) is 25.3 Å². The third-order valence-electron chi connectivity index (χ3n) is 1.99. The van der Waals surface area contributed by atoms with E-state index in [0.717, 1.165) is 24.8 Å². The predicted octanol–water partition coefficient (Wildman–Crippen LogP) is 2.32. The van der Waals surface area contributed by atoms with Gasteiger partial charge in [-0.05, 0) is 18.4 Å². The summed E-state index contributed by atoms with van der Waals surface area (Å²) >= 11 is 0. The van der Waals surface area contributed by atoms with Crippen LogP contribution in [0, 0.1) is 6.07 Å². The van der Waals surface area contributed by atoms with Gasteiger partial charge in [-0.2, -0.15) is 0 Å². The van der Waals surface area contributed by atoms with Gasteiger partial charge in [0.2, 0.25) is 0 Å². The van der Waals surface area contributed by atoms with Crippen molar-refractivity contribution < 1.29 is 4.79 Å². The molecule has 3 heteroatoms. The standard InChI is InChI=1S/C11H15N2O/c1-2-3-6-9-7-4-5-8-10(9)13-11(12)14/h4-5,7H,2-3,6H2,1H3,(H3,12,13,14). The van der Waals surface area contributed by atoms with Gasteiger partial charge in [0, 0.05) is 6.07 Å². The lowest BCUT2D eigenvalue weighted by molar-refractivity contribution is 0.259. The van der Waals surface area contributed by atoms with Crippen molar-refractivity contribution in [1.29, 1.82) is 0 Å². The van der Waals surface area contributed by atoms with E-state index in [9.17, 15) is 4.79 Å². The molecule has 0 saturated carbocycles. The summed E-state index contributed by atoms with van der Waals surface area (Å²) in [4.78, 5) is 10.7. The van der Waals surface area contributed by atoms with Crippen molar-refractivity contribution in [3.8, 4) is 0 Å². The van der Waals surface area contributed by atoms with E-state index in [0.29, 0.717) is 5.69 Å². The molecule has 0 heterocycles. The summed E-state index contributed by atoms with van der Waals surface area (Å²) in [5.74, 6) is 0. The first-order chi connectivity index (χ1) is 6.74. The minimum absolute atomic E-state index is 0.537. The second-order valence-electron chi connectivity index (χ2n) is 3.16. The van der Waals surface area contributed by atoms with Crippen molar-refractivity contribution in [1.82, 2.24) is 0 Å². The molecular weight excluding hydrogens is 176 g/mol. The van der Waals surface area contributed by atoms with Crippen LogP contribution >= 0.6 is 0 Å². The maximum Gasteiger partial charge on any atom is 0.316 e. The molecule has 0 aliphatic rings. The number of primary amides is 1. The largest absolute Gasteiger partial charge is 0.351 e. The molecule has 0 aliphatic heterocycles. The van der Waals surface area contributed by atoms with E-state index in [1.807, 2.05) is 12.1 Å². The minimum atomic E-state index is -0.537. The topological polar surface area (TPSA) is 55.1 Å². The average Bonchev–Trinajstić information content (AvgIpc) is 2.16. The van der Waals surface area contributed by atoms with E-state index < -0.39 is 6.03 Å². The fourth-order valence-electron chi connectivity index (χ4n) is 1.29. The Morgan fingerprint density at radius 3 is 3.07 bits per heavy atom. The maximum atomic E-state index is 10.7. The number of hydrogen-bond donors (Lipinski definition) is 2. The number of nitrogens with two attached hydrogens (primary N) is 1. The Bertz CT molecular complexity index is 310. The minimum Gasteiger partial charge on any atom is -0.351 e. The molecule has 0 spiro atoms. The van der Waals surface area contributed by atoms with E-state index in [4.69, 9.17) is 5.73 Å². The Kier molecular flexibility index (Phi) is 3.98. The summed E-state index contributed by atoms with van der Waals surface area (Å²) in [6, 6.07) is 8.09. The first-order valence-electron chi connectivity index (χ1n) is 4.80. The van der Waals surface area contributed by atoms with Gasteiger partial charge in [0.05, 0.1) is 5.69 Å². The molecule has 75 valence electrons. The molecule has 0 saturated heterocycles. The van der Waals surface area contributed by atoms with Gasteiger partial charge in [-0.1, -0.05) is 31.5 Å². The number of para-hydroxylation sites is 1. The van der Waals surface area contributed by atoms with Gasteiger partial charge in [0.1, 0.15) is 0 Å². The van der Waals surface area contributed by atoms with Crippen LogP contribution < -0.4 is 11.1 Å². The molecule has 0 fully saturated rings. The summed E-state index contributed by atoms with van der Waals surface area (Å²) in [5.41, 5.74) is 6.85. The lowest BCUT2D eigenvalue weighted by Gasteiger charge is -2.07. The fourth-order valence-corrected chi connectivity index (χ4v) is 1.29. The molecule has 3 nitrogen and oxygen atoms in total. The highest BCUT2D eigenvalue weighted by atomic mass is 16.2. The molecule has 1 aromatic rings. The monoisotopic (exact) mass is 191 g/mol. The summed E-state index contributed by atoms with van der Waals surface area (Å²) in [6.45, 7) is 2.13. The molecule has 0 bridgehead atoms. The third kappa shape index (κ3) is 3.09. The zero-order valence-electron chi connectivity index (χ0n) is 8.34. The number of carbonyl (C=O) groups excluding carboxylic acids is 1. The number of urea groups is 1. The second kappa shape index (κ2) is 5.27. The number of unbranched alkanes of at least 4 members (excludes halogenated alkanes) is 1. The molecule has 1 radical (unpaired) electrons. The number of benzene rings is 1. The van der Waals surface area contributed by atoms with E-state index in [1.165, 1.54) is 0 Å². The van der Waals surface area contributed by atoms with Crippen molar-refractivity contribution in [2.45, 2.75) is 26.2 Å². The van der Waals surface area contributed by atoms with Gasteiger partial charge in [-0.15, -0.1) is 0 Å². The van der Waals surface area contributed by atoms with Gasteiger partial charge in [0.25, 0.3) is 0 Å². The Hall–Kier alpha value is -1.51. The Balaban J connectivity index is 2.74. The van der Waals surface area contributed by atoms with Gasteiger partial charge in [-0.25, -0.2) is 4.79 Å². The van der Waals surface area contributed by atoms with Crippen LogP contribution in [-0.4, -0.2) is 6.03 Å². The van der Waals surface area contributed by atoms with Gasteiger partial charge < -0.3 is 11.1 Å². The van der Waals surface area contributed by atoms with Crippen LogP contribution in [0.15, 0.2) is 18.2 Å². The molecule has 0 aliphatic carbocycles. The summed E-state index contributed by atoms with van der Waals surface area (Å²) in [7, 11) is 0. The molecular formula is C11H15N2O. The van der Waals surface area contributed by atoms with Gasteiger partial charge in [0.15, 0.2) is 0 Å². The number of hydrogen-bond acceptors (Lipinski definition) is 1. The van der Waals surface area contributed by atoms with E-state index in [1.54, 1.807) is 6.07 Å². The van der Waals surface area contributed by atoms with Crippen molar-refractivity contribution >= 4 is 11.7 Å². The lowest BCUT2D eigenvalue weighted by Crippen LogP contribution is -2.20. The maximum absolute atomic E-state index is 10.7. The van der Waals surface area contributed by atoms with E-state index >= 15 is 0 Å². The van der Waals surface area contributed by atoms with Crippen molar-refractivity contribution in [2.24, 2.45) is 5.73 Å². The predicted molar refractivity (Wildman–Crippen MR) is 57.1 cm³/mol. The second-order valence-corrected chi connectivity index (χ2v) is 3.16. The Morgan fingerprint density at radius 1 is 1.64 bits per heavy atom. The zero-order chi connectivity index (χ0) is 10.4. The smallest absolute Gasteiger partial charge is 0.316 e. The summed E-state index contributed by atoms with van der Waals surface area (Å²) < 4.78 is 0. The molecule has 3 N–H and O–H groups in total. The van der Waals surface area contributed by atoms with Crippen LogP contribution in [0.4, 0.5) is 10.5 Å². The lowest BCUT2D eigenvalue weighted by atomic mass is 10.1. The zero-order valence-corrected chi connectivity index (χ0v) is 8.34. The third-order valence-corrected chi connectivity index (χ3v) is 1.99. The van der Waals surface area contributed by atoms with Gasteiger partial charge in [-0.3, -0.25) is 0 Å². The summed E-state index contributed by atoms with van der Waals surface area (Å²) in [5, 5.41) is 2.57. The number of anilines is 1. The van der Waals surface area contributed by atoms with Crippen molar-refractivity contribution in [3.05, 3.63) is 29.8 Å². The van der Waals surface area contributed by atoms with Crippen LogP contribution in [-0.2, 0) is 6.42 Å². The van der Waals surface area contributed by atoms with Crippen LogP contribution in [0.2, 0.25) is 0 Å². The molecule has 1 aromatic carbocycles. The molecule has 0 unspecified atom stereocenters. The molecule has 0 atom stereocenters. The average molecular weight is 191 g/mol. The van der Waals surface area contributed by atoms with Crippen LogP contribution in [0.25, 0.3) is 0 Å². The highest BCUT2D eigenvalue weighted by Crippen LogP contribution is 2.16. The fraction of sp³-hybridized carbons (Fsp3) is 0.364. The van der Waals surface area contributed by atoms with Crippen molar-refractivity contribution in [3.63, 3.8) is 0 Å². The van der Waals surface area contributed by atoms with Gasteiger partial charge >= 0.3 is 6.03 Å². The first kappa shape index (κ1) is 10.6. The summed E-state index contributed by atoms with van der Waals surface area (Å²) in [6.07, 6.45) is 3.18. The molecule has 14 heavy (non-hydrogen) atoms. The molecule has 0 aromatic heterocycles. The highest BCUT2D eigenvalue weighted by molar-refractivity contribution is 5.88. The van der Waals surface area contributed by atoms with E-state index in [2.05, 4.69) is 18.3 Å². The highest BCUT2D eigenvalue weighted by Gasteiger charge is 2.02. The number of nitrogens with one attached hydrogen (secondary N) is 1. The number of carbonyl (C=O) groups is 1. The Labute approximate surface area is 84.3 Å². The number of rotatable bonds is 4. The number of aryl methyl sites for hydroxylation is 1. The van der Waals surface area contributed by atoms with Crippen LogP contribution in [0.5, 0.6) is 0 Å². The van der Waals surface area contributed by atoms with E-state index in [-0.39, 0.29) is 0 Å². The first-order valence-corrected chi connectivity index (χ1v) is 4.80. The molecule has 2 amide bonds. The van der Waals surface area contributed by atoms with Crippen molar-refractivity contribution in [2.75, 3.05) is 5.32 Å². The van der Waals surface area contributed by atoms with Crippen LogP contribution in [0.3, 0.4) is 0 Å². The quantitative estimate of drug-likeness (QED) is 0.754. The Morgan fingerprint density at radius 2 is 2.43 bits per heavy atom. The molecule has 1 rings (SSSR count). The number of amides is 2. The SMILES string of the molecule is CCCCc1ccc[c]c1NC(N)=O. The normalized spacial score (nSPS) is 9.79.